The SMILES string of the molecule is NC(=O)CCC(NC(=O)CNC(=O)OCc1ccccc1)C(=O)O. The molecule has 5 N–H and O–H groups in total. The summed E-state index contributed by atoms with van der Waals surface area (Å²) >= 11 is 0. The zero-order valence-corrected chi connectivity index (χ0v) is 12.9. The largest absolute Gasteiger partial charge is 0.480 e. The smallest absolute Gasteiger partial charge is 0.407 e. The number of aliphatic carboxylic acids is 1. The highest BCUT2D eigenvalue weighted by atomic mass is 16.5. The molecule has 3 amide bonds. The van der Waals surface area contributed by atoms with Crippen LogP contribution in [0.15, 0.2) is 30.3 Å². The zero-order chi connectivity index (χ0) is 17.9. The van der Waals surface area contributed by atoms with Crippen LogP contribution < -0.4 is 16.4 Å². The van der Waals surface area contributed by atoms with Gasteiger partial charge in [-0.25, -0.2) is 9.59 Å². The zero-order valence-electron chi connectivity index (χ0n) is 12.9. The molecular formula is C15H19N3O6. The summed E-state index contributed by atoms with van der Waals surface area (Å²) in [5.74, 6) is -2.68. The number of carbonyl (C=O) groups excluding carboxylic acids is 3. The summed E-state index contributed by atoms with van der Waals surface area (Å²) in [5.41, 5.74) is 5.72. The molecule has 0 fully saturated rings. The molecule has 9 heteroatoms. The van der Waals surface area contributed by atoms with E-state index >= 15 is 0 Å². The van der Waals surface area contributed by atoms with Gasteiger partial charge in [0, 0.05) is 6.42 Å². The molecule has 0 saturated carbocycles. The van der Waals surface area contributed by atoms with Crippen molar-refractivity contribution >= 4 is 23.9 Å². The molecule has 130 valence electrons. The second kappa shape index (κ2) is 9.82. The molecule has 0 aliphatic carbocycles. The van der Waals surface area contributed by atoms with Gasteiger partial charge in [0.15, 0.2) is 0 Å². The molecule has 0 bridgehead atoms. The standard InChI is InChI=1S/C15H19N3O6/c16-12(19)7-6-11(14(21)22)18-13(20)8-17-15(23)24-9-10-4-2-1-3-5-10/h1-5,11H,6-9H2,(H2,16,19)(H,17,23)(H,18,20)(H,21,22). The van der Waals surface area contributed by atoms with Gasteiger partial charge in [-0.3, -0.25) is 9.59 Å². The lowest BCUT2D eigenvalue weighted by molar-refractivity contribution is -0.142. The molecule has 0 aromatic heterocycles. The Morgan fingerprint density at radius 3 is 2.42 bits per heavy atom. The van der Waals surface area contributed by atoms with E-state index in [1.807, 2.05) is 6.07 Å². The van der Waals surface area contributed by atoms with Crippen LogP contribution in [0, 0.1) is 0 Å². The second-order valence-electron chi connectivity index (χ2n) is 4.88. The molecule has 9 nitrogen and oxygen atoms in total. The Balaban J connectivity index is 2.31. The molecule has 1 unspecified atom stereocenters. The van der Waals surface area contributed by atoms with E-state index in [2.05, 4.69) is 10.6 Å². The minimum absolute atomic E-state index is 0.0463. The maximum Gasteiger partial charge on any atom is 0.407 e. The molecule has 0 saturated heterocycles. The number of carbonyl (C=O) groups is 4. The number of ether oxygens (including phenoxy) is 1. The molecule has 1 rings (SSSR count). The van der Waals surface area contributed by atoms with E-state index in [1.165, 1.54) is 0 Å². The van der Waals surface area contributed by atoms with Crippen molar-refractivity contribution in [3.63, 3.8) is 0 Å². The molecule has 24 heavy (non-hydrogen) atoms. The molecule has 1 aromatic carbocycles. The van der Waals surface area contributed by atoms with Crippen molar-refractivity contribution in [2.75, 3.05) is 6.54 Å². The average molecular weight is 337 g/mol. The predicted octanol–water partition coefficient (Wildman–Crippen LogP) is -0.252. The third kappa shape index (κ3) is 7.78. The summed E-state index contributed by atoms with van der Waals surface area (Å²) in [6, 6.07) is 7.70. The quantitative estimate of drug-likeness (QED) is 0.488. The van der Waals surface area contributed by atoms with E-state index in [0.717, 1.165) is 5.56 Å². The highest BCUT2D eigenvalue weighted by molar-refractivity contribution is 5.87. The van der Waals surface area contributed by atoms with E-state index in [9.17, 15) is 19.2 Å². The van der Waals surface area contributed by atoms with Crippen LogP contribution in [-0.4, -0.2) is 41.6 Å². The van der Waals surface area contributed by atoms with E-state index in [-0.39, 0.29) is 19.4 Å². The van der Waals surface area contributed by atoms with Crippen molar-refractivity contribution in [2.45, 2.75) is 25.5 Å². The van der Waals surface area contributed by atoms with Crippen molar-refractivity contribution in [2.24, 2.45) is 5.73 Å². The van der Waals surface area contributed by atoms with Crippen LogP contribution in [0.2, 0.25) is 0 Å². The van der Waals surface area contributed by atoms with Gasteiger partial charge in [-0.15, -0.1) is 0 Å². The van der Waals surface area contributed by atoms with Crippen molar-refractivity contribution in [3.8, 4) is 0 Å². The van der Waals surface area contributed by atoms with Crippen molar-refractivity contribution in [3.05, 3.63) is 35.9 Å². The van der Waals surface area contributed by atoms with E-state index in [0.29, 0.717) is 0 Å². The monoisotopic (exact) mass is 337 g/mol. The number of rotatable bonds is 9. The number of alkyl carbamates (subject to hydrolysis) is 1. The molecule has 0 aliphatic heterocycles. The Morgan fingerprint density at radius 2 is 1.83 bits per heavy atom. The Morgan fingerprint density at radius 1 is 1.17 bits per heavy atom. The van der Waals surface area contributed by atoms with Gasteiger partial charge in [0.25, 0.3) is 0 Å². The number of carboxylic acid groups (broad SMARTS) is 1. The van der Waals surface area contributed by atoms with Crippen LogP contribution in [-0.2, 0) is 25.7 Å². The first-order chi connectivity index (χ1) is 11.4. The fourth-order valence-electron chi connectivity index (χ4n) is 1.72. The second-order valence-corrected chi connectivity index (χ2v) is 4.88. The van der Waals surface area contributed by atoms with Gasteiger partial charge in [0.2, 0.25) is 11.8 Å². The summed E-state index contributed by atoms with van der Waals surface area (Å²) < 4.78 is 4.90. The highest BCUT2D eigenvalue weighted by Crippen LogP contribution is 2.00. The molecule has 0 spiro atoms. The summed E-state index contributed by atoms with van der Waals surface area (Å²) in [4.78, 5) is 44.7. The molecule has 0 aliphatic rings. The fraction of sp³-hybridized carbons (Fsp3) is 0.333. The van der Waals surface area contributed by atoms with Gasteiger partial charge in [-0.2, -0.15) is 0 Å². The molecule has 0 heterocycles. The number of benzene rings is 1. The number of primary amides is 1. The summed E-state index contributed by atoms with van der Waals surface area (Å²) in [6.07, 6.45) is -1.11. The van der Waals surface area contributed by atoms with Gasteiger partial charge < -0.3 is 26.2 Å². The van der Waals surface area contributed by atoms with Gasteiger partial charge in [-0.1, -0.05) is 30.3 Å². The Hall–Kier alpha value is -3.10. The van der Waals surface area contributed by atoms with Crippen molar-refractivity contribution < 1.29 is 29.0 Å². The first kappa shape index (κ1) is 18.9. The Bertz CT molecular complexity index is 590. The lowest BCUT2D eigenvalue weighted by Gasteiger charge is -2.14. The maximum atomic E-state index is 11.6. The van der Waals surface area contributed by atoms with Gasteiger partial charge >= 0.3 is 12.1 Å². The van der Waals surface area contributed by atoms with Crippen molar-refractivity contribution in [1.29, 1.82) is 0 Å². The third-order valence-corrected chi connectivity index (χ3v) is 2.92. The minimum atomic E-state index is -1.30. The number of hydrogen-bond acceptors (Lipinski definition) is 5. The lowest BCUT2D eigenvalue weighted by atomic mass is 10.1. The number of nitrogens with one attached hydrogen (secondary N) is 2. The fourth-order valence-corrected chi connectivity index (χ4v) is 1.72. The van der Waals surface area contributed by atoms with Crippen LogP contribution in [0.1, 0.15) is 18.4 Å². The van der Waals surface area contributed by atoms with Crippen LogP contribution in [0.3, 0.4) is 0 Å². The minimum Gasteiger partial charge on any atom is -0.480 e. The Labute approximate surface area is 138 Å². The highest BCUT2D eigenvalue weighted by Gasteiger charge is 2.20. The summed E-state index contributed by atoms with van der Waals surface area (Å²) in [6.45, 7) is -0.404. The summed E-state index contributed by atoms with van der Waals surface area (Å²) in [7, 11) is 0. The van der Waals surface area contributed by atoms with Crippen LogP contribution in [0.5, 0.6) is 0 Å². The number of amides is 3. The van der Waals surface area contributed by atoms with E-state index in [1.54, 1.807) is 24.3 Å². The van der Waals surface area contributed by atoms with Crippen LogP contribution >= 0.6 is 0 Å². The lowest BCUT2D eigenvalue weighted by Crippen LogP contribution is -2.45. The van der Waals surface area contributed by atoms with Crippen LogP contribution in [0.25, 0.3) is 0 Å². The normalized spacial score (nSPS) is 11.2. The number of hydrogen-bond donors (Lipinski definition) is 4. The van der Waals surface area contributed by atoms with Gasteiger partial charge in [-0.05, 0) is 12.0 Å². The van der Waals surface area contributed by atoms with Gasteiger partial charge in [0.1, 0.15) is 19.2 Å². The maximum absolute atomic E-state index is 11.6. The molecule has 1 atom stereocenters. The van der Waals surface area contributed by atoms with E-state index < -0.39 is 36.5 Å². The molecule has 0 radical (unpaired) electrons. The first-order valence-electron chi connectivity index (χ1n) is 7.13. The summed E-state index contributed by atoms with van der Waals surface area (Å²) in [5, 5.41) is 13.3. The average Bonchev–Trinajstić information content (AvgIpc) is 2.55. The van der Waals surface area contributed by atoms with Crippen molar-refractivity contribution in [1.82, 2.24) is 10.6 Å². The van der Waals surface area contributed by atoms with Crippen LogP contribution in [0.4, 0.5) is 4.79 Å². The Kier molecular flexibility index (Phi) is 7.76. The molecule has 1 aromatic rings. The molecular weight excluding hydrogens is 318 g/mol. The number of nitrogens with two attached hydrogens (primary N) is 1. The predicted molar refractivity (Wildman–Crippen MR) is 82.6 cm³/mol. The number of carboxylic acids is 1. The topological polar surface area (TPSA) is 148 Å². The third-order valence-electron chi connectivity index (χ3n) is 2.92. The first-order valence-corrected chi connectivity index (χ1v) is 7.13. The van der Waals surface area contributed by atoms with Gasteiger partial charge in [0.05, 0.1) is 0 Å². The van der Waals surface area contributed by atoms with E-state index in [4.69, 9.17) is 15.6 Å².